The molecule has 10 heteroatoms. The van der Waals surface area contributed by atoms with Crippen molar-refractivity contribution in [3.8, 4) is 0 Å². The third-order valence-electron chi connectivity index (χ3n) is 5.41. The van der Waals surface area contributed by atoms with Crippen LogP contribution in [-0.2, 0) is 14.8 Å². The number of aryl methyl sites for hydroxylation is 2. The molecule has 2 heterocycles. The van der Waals surface area contributed by atoms with E-state index >= 15 is 0 Å². The number of aromatic nitrogens is 1. The lowest BCUT2D eigenvalue weighted by molar-refractivity contribution is -0.122. The van der Waals surface area contributed by atoms with Gasteiger partial charge in [0, 0.05) is 38.4 Å². The van der Waals surface area contributed by atoms with Gasteiger partial charge in [-0.2, -0.15) is 4.72 Å². The molecular formula is C21H31N5O4S. The Morgan fingerprint density at radius 3 is 2.45 bits per heavy atom. The zero-order valence-corrected chi connectivity index (χ0v) is 19.1. The Bertz CT molecular complexity index is 949. The van der Waals surface area contributed by atoms with Crippen molar-refractivity contribution in [3.05, 3.63) is 41.8 Å². The van der Waals surface area contributed by atoms with Crippen molar-refractivity contribution < 1.29 is 17.7 Å². The summed E-state index contributed by atoms with van der Waals surface area (Å²) in [5.74, 6) is -0.158. The fourth-order valence-electron chi connectivity index (χ4n) is 3.74. The molecule has 1 amide bonds. The molecule has 1 saturated heterocycles. The molecule has 1 fully saturated rings. The Hall–Kier alpha value is -2.43. The Morgan fingerprint density at radius 1 is 1.16 bits per heavy atom. The highest BCUT2D eigenvalue weighted by atomic mass is 32.2. The molecular weight excluding hydrogens is 418 g/mol. The van der Waals surface area contributed by atoms with Crippen LogP contribution in [0.25, 0.3) is 0 Å². The number of para-hydroxylation sites is 1. The minimum absolute atomic E-state index is 0.0122. The number of carbonyl (C=O) groups excluding carboxylic acids is 1. The topological polar surface area (TPSA) is 108 Å². The van der Waals surface area contributed by atoms with E-state index in [9.17, 15) is 13.2 Å². The van der Waals surface area contributed by atoms with Crippen molar-refractivity contribution in [1.82, 2.24) is 20.1 Å². The van der Waals surface area contributed by atoms with Gasteiger partial charge >= 0.3 is 0 Å². The molecule has 0 unspecified atom stereocenters. The van der Waals surface area contributed by atoms with Gasteiger partial charge in [-0.1, -0.05) is 23.4 Å². The smallest absolute Gasteiger partial charge is 0.246 e. The summed E-state index contributed by atoms with van der Waals surface area (Å²) in [5, 5.41) is 6.47. The second kappa shape index (κ2) is 10.3. The molecule has 1 aliphatic heterocycles. The van der Waals surface area contributed by atoms with E-state index in [1.807, 2.05) is 6.07 Å². The molecule has 0 aliphatic carbocycles. The molecule has 9 nitrogen and oxygen atoms in total. The van der Waals surface area contributed by atoms with E-state index < -0.39 is 16.1 Å². The average Bonchev–Trinajstić information content (AvgIpc) is 3.10. The highest BCUT2D eigenvalue weighted by molar-refractivity contribution is 7.89. The highest BCUT2D eigenvalue weighted by Crippen LogP contribution is 2.19. The third kappa shape index (κ3) is 6.05. The van der Waals surface area contributed by atoms with Crippen LogP contribution in [0.2, 0.25) is 0 Å². The Balaban J connectivity index is 1.37. The number of hydrogen-bond donors (Lipinski definition) is 2. The normalized spacial score (nSPS) is 16.3. The number of amides is 1. The summed E-state index contributed by atoms with van der Waals surface area (Å²) < 4.78 is 32.3. The predicted octanol–water partition coefficient (Wildman–Crippen LogP) is 1.29. The number of rotatable bonds is 9. The van der Waals surface area contributed by atoms with Gasteiger partial charge in [-0.25, -0.2) is 8.42 Å². The first-order valence-corrected chi connectivity index (χ1v) is 12.0. The SMILES string of the molecule is Cc1noc(C)c1S(=O)(=O)N[C@@H](C)C(=O)NCCCN1CCN(c2ccccc2)CC1. The van der Waals surface area contributed by atoms with Gasteiger partial charge in [0.05, 0.1) is 6.04 Å². The van der Waals surface area contributed by atoms with Crippen molar-refractivity contribution in [2.75, 3.05) is 44.2 Å². The highest BCUT2D eigenvalue weighted by Gasteiger charge is 2.28. The summed E-state index contributed by atoms with van der Waals surface area (Å²) in [5.41, 5.74) is 1.52. The lowest BCUT2D eigenvalue weighted by atomic mass is 10.2. The summed E-state index contributed by atoms with van der Waals surface area (Å²) in [4.78, 5) is 17.1. The van der Waals surface area contributed by atoms with Crippen LogP contribution in [0, 0.1) is 13.8 Å². The van der Waals surface area contributed by atoms with Gasteiger partial charge in [-0.05, 0) is 45.9 Å². The first-order chi connectivity index (χ1) is 14.8. The van der Waals surface area contributed by atoms with Crippen LogP contribution in [0.15, 0.2) is 39.8 Å². The number of nitrogens with zero attached hydrogens (tertiary/aromatic N) is 3. The van der Waals surface area contributed by atoms with Crippen LogP contribution in [0.3, 0.4) is 0 Å². The number of anilines is 1. The number of hydrogen-bond acceptors (Lipinski definition) is 7. The number of benzene rings is 1. The van der Waals surface area contributed by atoms with Gasteiger partial charge in [-0.15, -0.1) is 0 Å². The van der Waals surface area contributed by atoms with Crippen LogP contribution in [0.4, 0.5) is 5.69 Å². The van der Waals surface area contributed by atoms with Crippen LogP contribution >= 0.6 is 0 Å². The molecule has 1 aromatic heterocycles. The minimum atomic E-state index is -3.88. The van der Waals surface area contributed by atoms with Gasteiger partial charge in [0.25, 0.3) is 0 Å². The molecule has 0 spiro atoms. The van der Waals surface area contributed by atoms with Crippen molar-refractivity contribution in [2.24, 2.45) is 0 Å². The fourth-order valence-corrected chi connectivity index (χ4v) is 5.27. The quantitative estimate of drug-likeness (QED) is 0.556. The van der Waals surface area contributed by atoms with Crippen LogP contribution in [0.5, 0.6) is 0 Å². The lowest BCUT2D eigenvalue weighted by Crippen LogP contribution is -2.48. The van der Waals surface area contributed by atoms with Gasteiger partial charge in [0.15, 0.2) is 5.76 Å². The fraction of sp³-hybridized carbons (Fsp3) is 0.524. The van der Waals surface area contributed by atoms with E-state index in [-0.39, 0.29) is 22.3 Å². The minimum Gasteiger partial charge on any atom is -0.369 e. The number of nitrogens with one attached hydrogen (secondary N) is 2. The van der Waals surface area contributed by atoms with E-state index in [4.69, 9.17) is 4.52 Å². The standard InChI is InChI=1S/C21H31N5O4S/c1-16-20(18(3)30-23-16)31(28,29)24-17(2)21(27)22-10-7-11-25-12-14-26(15-13-25)19-8-5-4-6-9-19/h4-6,8-9,17,24H,7,10-15H2,1-3H3,(H,22,27)/t17-/m0/s1. The molecule has 2 N–H and O–H groups in total. The zero-order valence-electron chi connectivity index (χ0n) is 18.3. The molecule has 1 aliphatic rings. The first-order valence-electron chi connectivity index (χ1n) is 10.5. The summed E-state index contributed by atoms with van der Waals surface area (Å²) in [6.45, 7) is 9.92. The molecule has 0 bridgehead atoms. The molecule has 170 valence electrons. The summed E-state index contributed by atoms with van der Waals surface area (Å²) in [6, 6.07) is 9.50. The van der Waals surface area contributed by atoms with Crippen molar-refractivity contribution >= 4 is 21.6 Å². The monoisotopic (exact) mass is 449 g/mol. The van der Waals surface area contributed by atoms with E-state index in [0.717, 1.165) is 39.1 Å². The lowest BCUT2D eigenvalue weighted by Gasteiger charge is -2.36. The van der Waals surface area contributed by atoms with Gasteiger partial charge in [0.2, 0.25) is 15.9 Å². The average molecular weight is 450 g/mol. The van der Waals surface area contributed by atoms with E-state index in [2.05, 4.69) is 49.3 Å². The number of carbonyl (C=O) groups is 1. The molecule has 1 atom stereocenters. The first kappa shape index (κ1) is 23.2. The molecule has 2 aromatic rings. The summed E-state index contributed by atoms with van der Waals surface area (Å²) >= 11 is 0. The Morgan fingerprint density at radius 2 is 1.84 bits per heavy atom. The molecule has 0 radical (unpaired) electrons. The predicted molar refractivity (Wildman–Crippen MR) is 118 cm³/mol. The van der Waals surface area contributed by atoms with E-state index in [1.54, 1.807) is 6.92 Å². The molecule has 3 rings (SSSR count). The molecule has 1 aromatic carbocycles. The second-order valence-electron chi connectivity index (χ2n) is 7.81. The van der Waals surface area contributed by atoms with Crippen LogP contribution < -0.4 is 14.9 Å². The van der Waals surface area contributed by atoms with Crippen molar-refractivity contribution in [1.29, 1.82) is 0 Å². The van der Waals surface area contributed by atoms with Gasteiger partial charge in [0.1, 0.15) is 10.6 Å². The van der Waals surface area contributed by atoms with Gasteiger partial charge < -0.3 is 14.7 Å². The van der Waals surface area contributed by atoms with Crippen molar-refractivity contribution in [2.45, 2.75) is 38.1 Å². The third-order valence-corrected chi connectivity index (χ3v) is 7.19. The molecule has 0 saturated carbocycles. The second-order valence-corrected chi connectivity index (χ2v) is 9.46. The van der Waals surface area contributed by atoms with E-state index in [0.29, 0.717) is 6.54 Å². The number of piperazine rings is 1. The van der Waals surface area contributed by atoms with Crippen LogP contribution in [-0.4, -0.2) is 69.7 Å². The molecule has 31 heavy (non-hydrogen) atoms. The maximum atomic E-state index is 12.5. The Labute approximate surface area is 183 Å². The summed E-state index contributed by atoms with van der Waals surface area (Å²) in [7, 11) is -3.88. The zero-order chi connectivity index (χ0) is 22.4. The van der Waals surface area contributed by atoms with Crippen LogP contribution in [0.1, 0.15) is 24.8 Å². The van der Waals surface area contributed by atoms with Crippen molar-refractivity contribution in [3.63, 3.8) is 0 Å². The Kier molecular flexibility index (Phi) is 7.69. The van der Waals surface area contributed by atoms with Gasteiger partial charge in [-0.3, -0.25) is 9.69 Å². The number of sulfonamides is 1. The summed E-state index contributed by atoms with van der Waals surface area (Å²) in [6.07, 6.45) is 0.806. The maximum Gasteiger partial charge on any atom is 0.246 e. The largest absolute Gasteiger partial charge is 0.369 e. The maximum absolute atomic E-state index is 12.5. The van der Waals surface area contributed by atoms with E-state index in [1.165, 1.54) is 19.5 Å².